The van der Waals surface area contributed by atoms with Crippen molar-refractivity contribution in [1.29, 1.82) is 0 Å². The van der Waals surface area contributed by atoms with Gasteiger partial charge in [0.05, 0.1) is 0 Å². The third kappa shape index (κ3) is 2.07. The fourth-order valence-electron chi connectivity index (χ4n) is 3.92. The molecule has 118 valence electrons. The standard InChI is InChI=1S/C18H19N3O2/c1-4-16-17(23-11-22-16)9-12(1)14-5-6-20-18-15(14)3-2-13-10-19-7-8-21(13)18/h1,4-6,9,13,19H,2-3,7-8,10-11H2. The van der Waals surface area contributed by atoms with E-state index in [2.05, 4.69) is 28.4 Å². The molecule has 1 aromatic heterocycles. The molecule has 5 heteroatoms. The summed E-state index contributed by atoms with van der Waals surface area (Å²) in [6, 6.07) is 8.91. The Morgan fingerprint density at radius 3 is 3.13 bits per heavy atom. The van der Waals surface area contributed by atoms with E-state index in [1.165, 1.54) is 23.1 Å². The highest BCUT2D eigenvalue weighted by atomic mass is 16.7. The van der Waals surface area contributed by atoms with Crippen molar-refractivity contribution in [2.75, 3.05) is 31.3 Å². The van der Waals surface area contributed by atoms with Crippen LogP contribution in [0.5, 0.6) is 11.5 Å². The smallest absolute Gasteiger partial charge is 0.231 e. The second-order valence-electron chi connectivity index (χ2n) is 6.32. The molecule has 3 aliphatic rings. The Kier molecular flexibility index (Phi) is 2.94. The molecule has 5 rings (SSSR count). The molecule has 0 amide bonds. The molecule has 0 saturated carbocycles. The zero-order valence-corrected chi connectivity index (χ0v) is 12.9. The van der Waals surface area contributed by atoms with Crippen molar-refractivity contribution in [2.45, 2.75) is 18.9 Å². The van der Waals surface area contributed by atoms with E-state index in [0.29, 0.717) is 12.8 Å². The minimum atomic E-state index is 0.315. The fourth-order valence-corrected chi connectivity index (χ4v) is 3.92. The van der Waals surface area contributed by atoms with Crippen LogP contribution in [0.4, 0.5) is 5.82 Å². The van der Waals surface area contributed by atoms with E-state index in [9.17, 15) is 0 Å². The lowest BCUT2D eigenvalue weighted by Crippen LogP contribution is -2.53. The van der Waals surface area contributed by atoms with Gasteiger partial charge in [-0.1, -0.05) is 6.07 Å². The molecule has 0 radical (unpaired) electrons. The Balaban J connectivity index is 1.60. The molecular formula is C18H19N3O2. The first-order valence-electron chi connectivity index (χ1n) is 8.25. The van der Waals surface area contributed by atoms with Crippen LogP contribution in [0.25, 0.3) is 11.1 Å². The Morgan fingerprint density at radius 1 is 1.17 bits per heavy atom. The molecule has 23 heavy (non-hydrogen) atoms. The second kappa shape index (κ2) is 5.13. The van der Waals surface area contributed by atoms with Gasteiger partial charge in [0.15, 0.2) is 11.5 Å². The van der Waals surface area contributed by atoms with Gasteiger partial charge in [0.2, 0.25) is 6.79 Å². The average Bonchev–Trinajstić information content (AvgIpc) is 3.08. The van der Waals surface area contributed by atoms with Crippen LogP contribution in [0.1, 0.15) is 12.0 Å². The van der Waals surface area contributed by atoms with E-state index in [1.54, 1.807) is 0 Å². The van der Waals surface area contributed by atoms with Gasteiger partial charge in [-0.05, 0) is 42.2 Å². The molecule has 1 N–H and O–H groups in total. The molecule has 0 spiro atoms. The summed E-state index contributed by atoms with van der Waals surface area (Å²) in [6.45, 7) is 3.45. The number of hydrogen-bond donors (Lipinski definition) is 1. The normalized spacial score (nSPS) is 21.7. The molecule has 1 aromatic carbocycles. The lowest BCUT2D eigenvalue weighted by molar-refractivity contribution is 0.174. The first kappa shape index (κ1) is 13.2. The van der Waals surface area contributed by atoms with Gasteiger partial charge in [0.25, 0.3) is 0 Å². The van der Waals surface area contributed by atoms with Crippen LogP contribution in [0.2, 0.25) is 0 Å². The summed E-state index contributed by atoms with van der Waals surface area (Å²) in [5, 5.41) is 3.49. The molecular weight excluding hydrogens is 290 g/mol. The van der Waals surface area contributed by atoms with Gasteiger partial charge in [0, 0.05) is 37.4 Å². The molecule has 0 aliphatic carbocycles. The van der Waals surface area contributed by atoms with Crippen LogP contribution in [0.15, 0.2) is 30.5 Å². The molecule has 1 atom stereocenters. The molecule has 3 aliphatic heterocycles. The van der Waals surface area contributed by atoms with E-state index in [-0.39, 0.29) is 0 Å². The van der Waals surface area contributed by atoms with Gasteiger partial charge in [-0.15, -0.1) is 0 Å². The van der Waals surface area contributed by atoms with Crippen molar-refractivity contribution in [3.05, 3.63) is 36.0 Å². The predicted octanol–water partition coefficient (Wildman–Crippen LogP) is 2.20. The lowest BCUT2D eigenvalue weighted by atomic mass is 9.91. The third-order valence-corrected chi connectivity index (χ3v) is 5.07. The van der Waals surface area contributed by atoms with Crippen LogP contribution in [0, 0.1) is 0 Å². The Bertz CT molecular complexity index is 762. The first-order chi connectivity index (χ1) is 11.4. The minimum absolute atomic E-state index is 0.315. The second-order valence-corrected chi connectivity index (χ2v) is 6.32. The van der Waals surface area contributed by atoms with E-state index in [4.69, 9.17) is 14.5 Å². The summed E-state index contributed by atoms with van der Waals surface area (Å²) in [4.78, 5) is 7.18. The van der Waals surface area contributed by atoms with Crippen molar-refractivity contribution in [3.63, 3.8) is 0 Å². The number of pyridine rings is 1. The van der Waals surface area contributed by atoms with Gasteiger partial charge >= 0.3 is 0 Å². The third-order valence-electron chi connectivity index (χ3n) is 5.07. The maximum absolute atomic E-state index is 5.53. The number of benzene rings is 1. The largest absolute Gasteiger partial charge is 0.454 e. The Labute approximate surface area is 135 Å². The highest BCUT2D eigenvalue weighted by molar-refractivity contribution is 5.75. The number of anilines is 1. The van der Waals surface area contributed by atoms with E-state index >= 15 is 0 Å². The molecule has 2 aromatic rings. The number of ether oxygens (including phenoxy) is 2. The van der Waals surface area contributed by atoms with E-state index in [0.717, 1.165) is 43.4 Å². The van der Waals surface area contributed by atoms with Crippen molar-refractivity contribution >= 4 is 5.82 Å². The van der Waals surface area contributed by atoms with Gasteiger partial charge in [0.1, 0.15) is 5.82 Å². The van der Waals surface area contributed by atoms with Gasteiger partial charge in [-0.2, -0.15) is 0 Å². The van der Waals surface area contributed by atoms with Crippen LogP contribution in [-0.4, -0.2) is 37.5 Å². The molecule has 4 heterocycles. The van der Waals surface area contributed by atoms with Crippen molar-refractivity contribution in [3.8, 4) is 22.6 Å². The summed E-state index contributed by atoms with van der Waals surface area (Å²) in [5.41, 5.74) is 3.82. The van der Waals surface area contributed by atoms with Crippen LogP contribution < -0.4 is 19.7 Å². The van der Waals surface area contributed by atoms with Crippen LogP contribution in [0.3, 0.4) is 0 Å². The summed E-state index contributed by atoms with van der Waals surface area (Å²) in [6.07, 6.45) is 4.20. The highest BCUT2D eigenvalue weighted by Gasteiger charge is 2.30. The zero-order chi connectivity index (χ0) is 15.2. The quantitative estimate of drug-likeness (QED) is 0.875. The maximum Gasteiger partial charge on any atom is 0.231 e. The van der Waals surface area contributed by atoms with Crippen LogP contribution >= 0.6 is 0 Å². The van der Waals surface area contributed by atoms with Crippen molar-refractivity contribution in [2.24, 2.45) is 0 Å². The number of aromatic nitrogens is 1. The number of piperazine rings is 1. The predicted molar refractivity (Wildman–Crippen MR) is 88.1 cm³/mol. The average molecular weight is 309 g/mol. The van der Waals surface area contributed by atoms with Crippen molar-refractivity contribution in [1.82, 2.24) is 10.3 Å². The molecule has 5 nitrogen and oxygen atoms in total. The monoisotopic (exact) mass is 309 g/mol. The van der Waals surface area contributed by atoms with Crippen LogP contribution in [-0.2, 0) is 6.42 Å². The summed E-state index contributed by atoms with van der Waals surface area (Å²) < 4.78 is 11.0. The SMILES string of the molecule is c1cc(-c2ccc3c(c2)OCO3)c2c(n1)N1CCNCC1CC2. The number of rotatable bonds is 1. The van der Waals surface area contributed by atoms with Gasteiger partial charge < -0.3 is 19.7 Å². The van der Waals surface area contributed by atoms with E-state index in [1.807, 2.05) is 12.3 Å². The number of nitrogens with one attached hydrogen (secondary N) is 1. The van der Waals surface area contributed by atoms with Crippen molar-refractivity contribution < 1.29 is 9.47 Å². The first-order valence-corrected chi connectivity index (χ1v) is 8.25. The molecule has 1 saturated heterocycles. The molecule has 0 bridgehead atoms. The number of fused-ring (bicyclic) bond motifs is 4. The molecule has 1 fully saturated rings. The maximum atomic E-state index is 5.53. The minimum Gasteiger partial charge on any atom is -0.454 e. The summed E-state index contributed by atoms with van der Waals surface area (Å²) in [7, 11) is 0. The lowest BCUT2D eigenvalue weighted by Gasteiger charge is -2.42. The summed E-state index contributed by atoms with van der Waals surface area (Å²) >= 11 is 0. The zero-order valence-electron chi connectivity index (χ0n) is 12.9. The fraction of sp³-hybridized carbons (Fsp3) is 0.389. The Morgan fingerprint density at radius 2 is 2.13 bits per heavy atom. The molecule has 1 unspecified atom stereocenters. The van der Waals surface area contributed by atoms with E-state index < -0.39 is 0 Å². The highest BCUT2D eigenvalue weighted by Crippen LogP contribution is 2.40. The Hall–Kier alpha value is -2.27. The topological polar surface area (TPSA) is 46.6 Å². The number of hydrogen-bond acceptors (Lipinski definition) is 5. The summed E-state index contributed by atoms with van der Waals surface area (Å²) in [5.74, 6) is 2.83. The number of nitrogens with zero attached hydrogens (tertiary/aromatic N) is 2. The van der Waals surface area contributed by atoms with Gasteiger partial charge in [-0.25, -0.2) is 4.98 Å². The van der Waals surface area contributed by atoms with Gasteiger partial charge in [-0.3, -0.25) is 0 Å².